The van der Waals surface area contributed by atoms with E-state index in [0.29, 0.717) is 34.0 Å². The van der Waals surface area contributed by atoms with E-state index in [9.17, 15) is 14.7 Å². The van der Waals surface area contributed by atoms with E-state index in [1.807, 2.05) is 0 Å². The third-order valence-corrected chi connectivity index (χ3v) is 14.3. The van der Waals surface area contributed by atoms with Crippen molar-refractivity contribution < 1.29 is 35.4 Å². The molecule has 2 spiro atoms. The van der Waals surface area contributed by atoms with Gasteiger partial charge in [0.1, 0.15) is 6.10 Å². The van der Waals surface area contributed by atoms with Gasteiger partial charge in [-0.2, -0.15) is 0 Å². The Morgan fingerprint density at radius 3 is 2.28 bits per heavy atom. The van der Waals surface area contributed by atoms with Gasteiger partial charge in [-0.05, 0) is 118 Å². The number of aliphatic hydroxyl groups excluding tert-OH is 1. The maximum absolute atomic E-state index is 12.8. The standard InChI is InChI=1S/C34H53NO6.CH4O.H2/c1-19(36)39-28(31(4,5)38)24-9-7-22-25(40-24)15-23-21-8-10-26-30(2,3)27(41-29(37)20-16-35-17-20)11-12-34(26)18-33(21,34)14-13-32(22,23)6;1-2;/h20-28,35,38H,7-18H2,1-6H3;2H,1H3;1H/t21?,22?,23?,24?,25?,26?,27-,28-,32?,33-,34?;;/m0../s1. The molecule has 0 amide bonds. The van der Waals surface area contributed by atoms with Crippen molar-refractivity contribution in [2.75, 3.05) is 20.2 Å². The lowest BCUT2D eigenvalue weighted by Crippen LogP contribution is -2.56. The summed E-state index contributed by atoms with van der Waals surface area (Å²) in [4.78, 5) is 24.7. The summed E-state index contributed by atoms with van der Waals surface area (Å²) < 4.78 is 18.7. The van der Waals surface area contributed by atoms with Crippen molar-refractivity contribution in [3.05, 3.63) is 0 Å². The van der Waals surface area contributed by atoms with Gasteiger partial charge in [-0.15, -0.1) is 0 Å². The quantitative estimate of drug-likeness (QED) is 0.380. The van der Waals surface area contributed by atoms with E-state index in [1.165, 1.54) is 45.4 Å². The van der Waals surface area contributed by atoms with Crippen molar-refractivity contribution in [3.63, 3.8) is 0 Å². The summed E-state index contributed by atoms with van der Waals surface area (Å²) in [6, 6.07) is 0. The molecular formula is C35H59NO7. The Bertz CT molecular complexity index is 1110. The minimum absolute atomic E-state index is 0. The summed E-state index contributed by atoms with van der Waals surface area (Å²) in [6.45, 7) is 13.8. The summed E-state index contributed by atoms with van der Waals surface area (Å²) >= 11 is 0. The molecule has 43 heavy (non-hydrogen) atoms. The molecule has 8 heteroatoms. The van der Waals surface area contributed by atoms with Gasteiger partial charge < -0.3 is 29.7 Å². The van der Waals surface area contributed by atoms with Crippen molar-refractivity contribution in [3.8, 4) is 0 Å². The number of aliphatic hydroxyl groups is 2. The number of hydrogen-bond acceptors (Lipinski definition) is 8. The number of carbonyl (C=O) groups excluding carboxylic acids is 2. The Hall–Kier alpha value is -1.22. The second-order valence-corrected chi connectivity index (χ2v) is 16.8. The highest BCUT2D eigenvalue weighted by atomic mass is 16.6. The fraction of sp³-hybridized carbons (Fsp3) is 0.943. The minimum atomic E-state index is -1.14. The van der Waals surface area contributed by atoms with Gasteiger partial charge in [-0.25, -0.2) is 0 Å². The molecule has 2 saturated heterocycles. The summed E-state index contributed by atoms with van der Waals surface area (Å²) in [5, 5.41) is 21.1. The molecule has 11 atom stereocenters. The number of hydrogen-bond donors (Lipinski definition) is 3. The lowest BCUT2D eigenvalue weighted by atomic mass is 9.46. The predicted molar refractivity (Wildman–Crippen MR) is 164 cm³/mol. The van der Waals surface area contributed by atoms with Crippen LogP contribution in [0.4, 0.5) is 0 Å². The molecule has 2 aliphatic heterocycles. The van der Waals surface area contributed by atoms with E-state index in [2.05, 4.69) is 26.1 Å². The van der Waals surface area contributed by atoms with E-state index >= 15 is 0 Å². The van der Waals surface area contributed by atoms with Crippen molar-refractivity contribution in [1.82, 2.24) is 5.32 Å². The molecule has 7 rings (SSSR count). The first-order valence-electron chi connectivity index (χ1n) is 17.1. The summed E-state index contributed by atoms with van der Waals surface area (Å²) in [5.41, 5.74) is 0.0384. The molecule has 0 bridgehead atoms. The fourth-order valence-electron chi connectivity index (χ4n) is 12.2. The molecule has 0 aromatic rings. The first-order chi connectivity index (χ1) is 20.2. The summed E-state index contributed by atoms with van der Waals surface area (Å²) in [6.07, 6.45) is 11.1. The normalized spacial score (nSPS) is 46.6. The highest BCUT2D eigenvalue weighted by Crippen LogP contribution is 2.87. The zero-order valence-corrected chi connectivity index (χ0v) is 27.6. The van der Waals surface area contributed by atoms with Gasteiger partial charge in [-0.3, -0.25) is 9.59 Å². The maximum atomic E-state index is 12.8. The van der Waals surface area contributed by atoms with E-state index in [-0.39, 0.29) is 43.0 Å². The number of rotatable bonds is 5. The van der Waals surface area contributed by atoms with Crippen LogP contribution >= 0.6 is 0 Å². The second-order valence-electron chi connectivity index (χ2n) is 16.8. The fourth-order valence-corrected chi connectivity index (χ4v) is 12.2. The van der Waals surface area contributed by atoms with Crippen molar-refractivity contribution in [2.24, 2.45) is 51.2 Å². The number of nitrogens with one attached hydrogen (secondary N) is 1. The largest absolute Gasteiger partial charge is 0.462 e. The number of ether oxygens (including phenoxy) is 3. The number of esters is 2. The molecule has 5 aliphatic carbocycles. The van der Waals surface area contributed by atoms with Gasteiger partial charge in [0.25, 0.3) is 0 Å². The monoisotopic (exact) mass is 605 g/mol. The lowest BCUT2D eigenvalue weighted by Gasteiger charge is -2.59. The van der Waals surface area contributed by atoms with Crippen LogP contribution in [0.25, 0.3) is 0 Å². The molecule has 8 unspecified atom stereocenters. The summed E-state index contributed by atoms with van der Waals surface area (Å²) in [5.74, 6) is 2.28. The number of fused-ring (bicyclic) bond motifs is 4. The zero-order chi connectivity index (χ0) is 31.2. The van der Waals surface area contributed by atoms with Crippen molar-refractivity contribution in [2.45, 2.75) is 136 Å². The molecule has 0 aromatic heterocycles. The Morgan fingerprint density at radius 1 is 0.953 bits per heavy atom. The van der Waals surface area contributed by atoms with Crippen LogP contribution in [0.3, 0.4) is 0 Å². The van der Waals surface area contributed by atoms with Gasteiger partial charge >= 0.3 is 11.9 Å². The van der Waals surface area contributed by atoms with Gasteiger partial charge in [-0.1, -0.05) is 20.8 Å². The average Bonchev–Trinajstić information content (AvgIpc) is 3.48. The number of carbonyl (C=O) groups is 2. The third kappa shape index (κ3) is 4.66. The Labute approximate surface area is 259 Å². The van der Waals surface area contributed by atoms with Crippen LogP contribution in [0.15, 0.2) is 0 Å². The van der Waals surface area contributed by atoms with E-state index in [0.717, 1.165) is 51.8 Å². The van der Waals surface area contributed by atoms with Crippen LogP contribution in [0.5, 0.6) is 0 Å². The molecule has 2 heterocycles. The first-order valence-corrected chi connectivity index (χ1v) is 17.1. The highest BCUT2D eigenvalue weighted by Gasteiger charge is 2.81. The molecule has 5 saturated carbocycles. The molecule has 8 nitrogen and oxygen atoms in total. The van der Waals surface area contributed by atoms with E-state index < -0.39 is 11.7 Å². The van der Waals surface area contributed by atoms with Crippen molar-refractivity contribution >= 4 is 11.9 Å². The Balaban J connectivity index is 0.00000126. The molecule has 7 aliphatic rings. The molecule has 3 N–H and O–H groups in total. The molecule has 7 fully saturated rings. The van der Waals surface area contributed by atoms with Crippen LogP contribution in [0.1, 0.15) is 107 Å². The Morgan fingerprint density at radius 2 is 1.65 bits per heavy atom. The first kappa shape index (κ1) is 31.7. The molecule has 0 aromatic carbocycles. The maximum Gasteiger partial charge on any atom is 0.311 e. The summed E-state index contributed by atoms with van der Waals surface area (Å²) in [7, 11) is 1.00. The topological polar surface area (TPSA) is 114 Å². The third-order valence-electron chi connectivity index (χ3n) is 14.3. The average molecular weight is 606 g/mol. The highest BCUT2D eigenvalue weighted by molar-refractivity contribution is 5.74. The van der Waals surface area contributed by atoms with Crippen LogP contribution in [-0.4, -0.2) is 72.4 Å². The predicted octanol–water partition coefficient (Wildman–Crippen LogP) is 4.88. The lowest BCUT2D eigenvalue weighted by molar-refractivity contribution is -0.200. The van der Waals surface area contributed by atoms with Crippen LogP contribution < -0.4 is 5.32 Å². The molecule has 246 valence electrons. The zero-order valence-electron chi connectivity index (χ0n) is 27.6. The van der Waals surface area contributed by atoms with Crippen LogP contribution in [0.2, 0.25) is 0 Å². The van der Waals surface area contributed by atoms with Gasteiger partial charge in [0, 0.05) is 34.0 Å². The van der Waals surface area contributed by atoms with E-state index in [4.69, 9.17) is 19.3 Å². The molecular weight excluding hydrogens is 546 g/mol. The van der Waals surface area contributed by atoms with Crippen LogP contribution in [0, 0.1) is 51.2 Å². The SMILES string of the molecule is CC(=O)O[C@@H](C1CCC2C(CC3C4CCC5C(C)(C)[C@@H](OC(=O)C6CNC6)CCC56C[C@@]46CCC23C)O1)C(C)(C)O.CO.[HH]. The van der Waals surface area contributed by atoms with Gasteiger partial charge in [0.15, 0.2) is 6.10 Å². The Kier molecular flexibility index (Phi) is 7.88. The van der Waals surface area contributed by atoms with Crippen molar-refractivity contribution in [1.29, 1.82) is 0 Å². The van der Waals surface area contributed by atoms with Gasteiger partial charge in [0.2, 0.25) is 0 Å². The van der Waals surface area contributed by atoms with Crippen LogP contribution in [-0.2, 0) is 23.8 Å². The minimum Gasteiger partial charge on any atom is -0.462 e. The van der Waals surface area contributed by atoms with E-state index in [1.54, 1.807) is 13.8 Å². The smallest absolute Gasteiger partial charge is 0.311 e. The molecule has 0 radical (unpaired) electrons. The second kappa shape index (κ2) is 10.7. The van der Waals surface area contributed by atoms with Gasteiger partial charge in [0.05, 0.1) is 23.7 Å².